The number of ether oxygens (including phenoxy) is 1. The number of hydrogen-bond donors (Lipinski definition) is 1. The predicted molar refractivity (Wildman–Crippen MR) is 67.5 cm³/mol. The van der Waals surface area contributed by atoms with Gasteiger partial charge >= 0.3 is 5.97 Å². The summed E-state index contributed by atoms with van der Waals surface area (Å²) in [5.74, 6) is -1.58. The zero-order chi connectivity index (χ0) is 15.5. The fraction of sp³-hybridized carbons (Fsp3) is 0.700. The smallest absolute Gasteiger partial charge is 0.306 e. The van der Waals surface area contributed by atoms with Crippen molar-refractivity contribution in [2.75, 3.05) is 27.7 Å². The standard InChI is InChI=1S/C10H17N3O6S/c1-12(5-4-9(15)19-3)20(17,18)11-7-6-8(14)13(2)10(7)16/h7,11H,4-6H2,1-3H3. The Morgan fingerprint density at radius 2 is 2.10 bits per heavy atom. The molecule has 0 aromatic rings. The Kier molecular flexibility index (Phi) is 5.20. The molecule has 20 heavy (non-hydrogen) atoms. The lowest BCUT2D eigenvalue weighted by atomic mass is 10.3. The molecule has 2 amide bonds. The van der Waals surface area contributed by atoms with Crippen molar-refractivity contribution in [1.82, 2.24) is 13.9 Å². The highest BCUT2D eigenvalue weighted by atomic mass is 32.2. The van der Waals surface area contributed by atoms with E-state index in [-0.39, 0.29) is 19.4 Å². The summed E-state index contributed by atoms with van der Waals surface area (Å²) in [5.41, 5.74) is 0. The second kappa shape index (κ2) is 6.29. The molecule has 1 heterocycles. The molecule has 0 bridgehead atoms. The number of methoxy groups -OCH3 is 1. The van der Waals surface area contributed by atoms with Crippen molar-refractivity contribution in [3.63, 3.8) is 0 Å². The molecule has 1 aliphatic rings. The molecule has 0 aromatic heterocycles. The number of carbonyl (C=O) groups excluding carboxylic acids is 3. The lowest BCUT2D eigenvalue weighted by Gasteiger charge is -2.19. The van der Waals surface area contributed by atoms with E-state index >= 15 is 0 Å². The van der Waals surface area contributed by atoms with Crippen molar-refractivity contribution in [1.29, 1.82) is 0 Å². The number of nitrogens with zero attached hydrogens (tertiary/aromatic N) is 2. The third-order valence-electron chi connectivity index (χ3n) is 2.94. The Bertz CT molecular complexity index is 517. The summed E-state index contributed by atoms with van der Waals surface area (Å²) < 4.78 is 31.3. The molecule has 1 atom stereocenters. The van der Waals surface area contributed by atoms with E-state index in [0.717, 1.165) is 9.21 Å². The van der Waals surface area contributed by atoms with Crippen LogP contribution in [0.4, 0.5) is 0 Å². The van der Waals surface area contributed by atoms with Crippen molar-refractivity contribution in [3.8, 4) is 0 Å². The number of likely N-dealkylation sites (tertiary alicyclic amines) is 1. The normalized spacial score (nSPS) is 19.8. The first-order valence-corrected chi connectivity index (χ1v) is 7.24. The molecule has 1 saturated heterocycles. The van der Waals surface area contributed by atoms with Gasteiger partial charge in [-0.1, -0.05) is 0 Å². The maximum Gasteiger partial charge on any atom is 0.306 e. The fourth-order valence-corrected chi connectivity index (χ4v) is 2.64. The number of esters is 1. The minimum absolute atomic E-state index is 0.0906. The first kappa shape index (κ1) is 16.5. The molecule has 1 aliphatic heterocycles. The Balaban J connectivity index is 2.63. The number of nitrogens with one attached hydrogen (secondary N) is 1. The molecule has 1 N–H and O–H groups in total. The fourth-order valence-electron chi connectivity index (χ4n) is 1.59. The monoisotopic (exact) mass is 307 g/mol. The Morgan fingerprint density at radius 3 is 2.55 bits per heavy atom. The Hall–Kier alpha value is -1.52. The average Bonchev–Trinajstić information content (AvgIpc) is 2.62. The maximum absolute atomic E-state index is 11.9. The van der Waals surface area contributed by atoms with E-state index in [1.807, 2.05) is 0 Å². The third kappa shape index (κ3) is 3.74. The molecule has 0 aliphatic carbocycles. The van der Waals surface area contributed by atoms with Gasteiger partial charge in [0.05, 0.1) is 20.0 Å². The number of amides is 2. The zero-order valence-electron chi connectivity index (χ0n) is 11.5. The largest absolute Gasteiger partial charge is 0.469 e. The van der Waals surface area contributed by atoms with Crippen molar-refractivity contribution in [3.05, 3.63) is 0 Å². The Morgan fingerprint density at radius 1 is 1.50 bits per heavy atom. The highest BCUT2D eigenvalue weighted by molar-refractivity contribution is 7.87. The molecule has 0 saturated carbocycles. The van der Waals surface area contributed by atoms with Crippen LogP contribution in [0.5, 0.6) is 0 Å². The number of imide groups is 1. The van der Waals surface area contributed by atoms with Gasteiger partial charge in [0.1, 0.15) is 6.04 Å². The van der Waals surface area contributed by atoms with Gasteiger partial charge in [-0.25, -0.2) is 0 Å². The van der Waals surface area contributed by atoms with Crippen LogP contribution in [0.1, 0.15) is 12.8 Å². The molecule has 0 radical (unpaired) electrons. The summed E-state index contributed by atoms with van der Waals surface area (Å²) in [6.07, 6.45) is -0.315. The highest BCUT2D eigenvalue weighted by Gasteiger charge is 2.39. The molecule has 0 aromatic carbocycles. The van der Waals surface area contributed by atoms with Crippen molar-refractivity contribution in [2.24, 2.45) is 0 Å². The van der Waals surface area contributed by atoms with E-state index in [1.54, 1.807) is 0 Å². The van der Waals surface area contributed by atoms with Crippen LogP contribution in [-0.2, 0) is 29.3 Å². The van der Waals surface area contributed by atoms with Crippen LogP contribution in [0, 0.1) is 0 Å². The van der Waals surface area contributed by atoms with Gasteiger partial charge in [-0.15, -0.1) is 0 Å². The van der Waals surface area contributed by atoms with Gasteiger partial charge in [0.25, 0.3) is 10.2 Å². The van der Waals surface area contributed by atoms with E-state index in [9.17, 15) is 22.8 Å². The van der Waals surface area contributed by atoms with Crippen LogP contribution in [0.3, 0.4) is 0 Å². The average molecular weight is 307 g/mol. The molecule has 9 nitrogen and oxygen atoms in total. The number of likely N-dealkylation sites (N-methyl/N-ethyl adjacent to an activating group) is 1. The molecule has 10 heteroatoms. The van der Waals surface area contributed by atoms with E-state index in [0.29, 0.717) is 0 Å². The minimum atomic E-state index is -3.95. The summed E-state index contributed by atoms with van der Waals surface area (Å²) >= 11 is 0. The van der Waals surface area contributed by atoms with Gasteiger partial charge in [0.2, 0.25) is 11.8 Å². The van der Waals surface area contributed by atoms with Crippen LogP contribution >= 0.6 is 0 Å². The number of carbonyl (C=O) groups is 3. The third-order valence-corrected chi connectivity index (χ3v) is 4.53. The van der Waals surface area contributed by atoms with Crippen molar-refractivity contribution >= 4 is 28.0 Å². The van der Waals surface area contributed by atoms with Gasteiger partial charge in [-0.2, -0.15) is 17.4 Å². The maximum atomic E-state index is 11.9. The first-order valence-electron chi connectivity index (χ1n) is 5.80. The van der Waals surface area contributed by atoms with Crippen molar-refractivity contribution < 1.29 is 27.5 Å². The molecule has 114 valence electrons. The molecule has 1 fully saturated rings. The van der Waals surface area contributed by atoms with Gasteiger partial charge in [0.15, 0.2) is 0 Å². The van der Waals surface area contributed by atoms with Gasteiger partial charge in [-0.05, 0) is 0 Å². The first-order chi connectivity index (χ1) is 9.19. The van der Waals surface area contributed by atoms with Crippen LogP contribution in [-0.4, -0.2) is 69.2 Å². The molecule has 1 rings (SSSR count). The summed E-state index contributed by atoms with van der Waals surface area (Å²) in [6, 6.07) is -1.10. The zero-order valence-corrected chi connectivity index (χ0v) is 12.3. The second-order valence-corrected chi connectivity index (χ2v) is 6.13. The Labute approximate surface area is 117 Å². The summed E-state index contributed by atoms with van der Waals surface area (Å²) in [5, 5.41) is 0. The summed E-state index contributed by atoms with van der Waals surface area (Å²) in [6.45, 7) is -0.0906. The summed E-state index contributed by atoms with van der Waals surface area (Å²) in [7, 11) is -0.198. The van der Waals surface area contributed by atoms with Crippen LogP contribution in [0.2, 0.25) is 0 Å². The minimum Gasteiger partial charge on any atom is -0.469 e. The van der Waals surface area contributed by atoms with Gasteiger partial charge in [0, 0.05) is 20.6 Å². The van der Waals surface area contributed by atoms with Crippen LogP contribution in [0.25, 0.3) is 0 Å². The van der Waals surface area contributed by atoms with Crippen LogP contribution < -0.4 is 4.72 Å². The van der Waals surface area contributed by atoms with E-state index in [1.165, 1.54) is 21.2 Å². The predicted octanol–water partition coefficient (Wildman–Crippen LogP) is -1.93. The van der Waals surface area contributed by atoms with Gasteiger partial charge in [-0.3, -0.25) is 19.3 Å². The molecule has 1 unspecified atom stereocenters. The SMILES string of the molecule is COC(=O)CCN(C)S(=O)(=O)NC1CC(=O)N(C)C1=O. The number of hydrogen-bond acceptors (Lipinski definition) is 6. The second-order valence-electron chi connectivity index (χ2n) is 4.32. The van der Waals surface area contributed by atoms with E-state index < -0.39 is 34.0 Å². The molecular weight excluding hydrogens is 290 g/mol. The molecular formula is C10H17N3O6S. The molecule has 0 spiro atoms. The number of rotatable bonds is 6. The summed E-state index contributed by atoms with van der Waals surface area (Å²) in [4.78, 5) is 34.7. The quantitative estimate of drug-likeness (QED) is 0.452. The topological polar surface area (TPSA) is 113 Å². The van der Waals surface area contributed by atoms with Gasteiger partial charge < -0.3 is 4.74 Å². The van der Waals surface area contributed by atoms with E-state index in [2.05, 4.69) is 9.46 Å². The van der Waals surface area contributed by atoms with E-state index in [4.69, 9.17) is 0 Å². The van der Waals surface area contributed by atoms with Crippen LogP contribution in [0.15, 0.2) is 0 Å². The lowest BCUT2D eigenvalue weighted by Crippen LogP contribution is -2.47. The lowest BCUT2D eigenvalue weighted by molar-refractivity contribution is -0.141. The van der Waals surface area contributed by atoms with Crippen molar-refractivity contribution in [2.45, 2.75) is 18.9 Å². The highest BCUT2D eigenvalue weighted by Crippen LogP contribution is 2.12.